The Morgan fingerprint density at radius 2 is 1.79 bits per heavy atom. The molecule has 1 aromatic rings. The van der Waals surface area contributed by atoms with Gasteiger partial charge in [-0.15, -0.1) is 0 Å². The first-order valence-electron chi connectivity index (χ1n) is 7.39. The van der Waals surface area contributed by atoms with E-state index in [1.54, 1.807) is 0 Å². The Labute approximate surface area is 115 Å². The van der Waals surface area contributed by atoms with E-state index in [4.69, 9.17) is 0 Å². The van der Waals surface area contributed by atoms with Crippen LogP contribution in [0.3, 0.4) is 0 Å². The molecule has 0 saturated carbocycles. The third kappa shape index (κ3) is 2.23. The zero-order valence-electron chi connectivity index (χ0n) is 12.1. The fourth-order valence-corrected chi connectivity index (χ4v) is 3.85. The van der Waals surface area contributed by atoms with Crippen molar-refractivity contribution in [3.05, 3.63) is 34.9 Å². The number of hydrogen-bond acceptors (Lipinski definition) is 2. The van der Waals surface area contributed by atoms with Crippen molar-refractivity contribution in [1.82, 2.24) is 4.90 Å². The number of fused-ring (bicyclic) bond motifs is 2. The van der Waals surface area contributed by atoms with Crippen molar-refractivity contribution in [2.45, 2.75) is 51.6 Å². The molecule has 0 radical (unpaired) electrons. The maximum absolute atomic E-state index is 12.8. The summed E-state index contributed by atoms with van der Waals surface area (Å²) in [6.07, 6.45) is 4.66. The lowest BCUT2D eigenvalue weighted by molar-refractivity contribution is 0.0766. The second-order valence-electron chi connectivity index (χ2n) is 6.40. The van der Waals surface area contributed by atoms with Gasteiger partial charge < -0.3 is 4.90 Å². The smallest absolute Gasteiger partial charge is 0.166 e. The van der Waals surface area contributed by atoms with E-state index < -0.39 is 0 Å². The van der Waals surface area contributed by atoms with Crippen molar-refractivity contribution < 1.29 is 4.79 Å². The molecule has 0 amide bonds. The summed E-state index contributed by atoms with van der Waals surface area (Å²) in [7, 11) is 2.22. The lowest BCUT2D eigenvalue weighted by Crippen LogP contribution is -2.42. The molecule has 19 heavy (non-hydrogen) atoms. The summed E-state index contributed by atoms with van der Waals surface area (Å²) in [5, 5.41) is 0. The van der Waals surface area contributed by atoms with Crippen molar-refractivity contribution in [3.63, 3.8) is 0 Å². The van der Waals surface area contributed by atoms with E-state index in [1.165, 1.54) is 18.4 Å². The average molecular weight is 257 g/mol. The van der Waals surface area contributed by atoms with E-state index in [1.807, 2.05) is 0 Å². The predicted octanol–water partition coefficient (Wildman–Crippen LogP) is 3.36. The topological polar surface area (TPSA) is 20.3 Å². The number of carbonyl (C=O) groups excluding carboxylic acids is 1. The Bertz CT molecular complexity index is 494. The van der Waals surface area contributed by atoms with Gasteiger partial charge in [0.1, 0.15) is 0 Å². The van der Waals surface area contributed by atoms with Crippen LogP contribution in [0.2, 0.25) is 0 Å². The first kappa shape index (κ1) is 12.9. The third-order valence-electron chi connectivity index (χ3n) is 5.13. The molecule has 0 aromatic heterocycles. The molecule has 2 saturated heterocycles. The first-order valence-corrected chi connectivity index (χ1v) is 7.39. The largest absolute Gasteiger partial charge is 0.300 e. The van der Waals surface area contributed by atoms with Crippen molar-refractivity contribution in [3.8, 4) is 0 Å². The number of hydrogen-bond donors (Lipinski definition) is 0. The van der Waals surface area contributed by atoms with E-state index in [9.17, 15) is 4.79 Å². The highest BCUT2D eigenvalue weighted by molar-refractivity contribution is 5.99. The molecule has 2 aliphatic rings. The molecule has 2 aliphatic heterocycles. The van der Waals surface area contributed by atoms with Crippen LogP contribution in [-0.2, 0) is 0 Å². The van der Waals surface area contributed by atoms with Gasteiger partial charge in [0.25, 0.3) is 0 Å². The molecule has 2 bridgehead atoms. The monoisotopic (exact) mass is 257 g/mol. The lowest BCUT2D eigenvalue weighted by atomic mass is 9.83. The third-order valence-corrected chi connectivity index (χ3v) is 5.13. The number of piperidine rings is 1. The van der Waals surface area contributed by atoms with Crippen molar-refractivity contribution in [2.75, 3.05) is 7.05 Å². The summed E-state index contributed by atoms with van der Waals surface area (Å²) in [5.41, 5.74) is 3.26. The zero-order chi connectivity index (χ0) is 13.6. The van der Waals surface area contributed by atoms with Crippen LogP contribution in [0.4, 0.5) is 0 Å². The average Bonchev–Trinajstić information content (AvgIpc) is 2.64. The fraction of sp³-hybridized carbons (Fsp3) is 0.588. The molecule has 0 aliphatic carbocycles. The number of ketones is 1. The minimum absolute atomic E-state index is 0.245. The number of aryl methyl sites for hydroxylation is 2. The van der Waals surface area contributed by atoms with E-state index in [0.29, 0.717) is 17.9 Å². The van der Waals surface area contributed by atoms with Crippen LogP contribution in [0.25, 0.3) is 0 Å². The summed E-state index contributed by atoms with van der Waals surface area (Å²) in [5.74, 6) is 0.625. The van der Waals surface area contributed by atoms with Crippen molar-refractivity contribution in [1.29, 1.82) is 0 Å². The maximum Gasteiger partial charge on any atom is 0.166 e. The van der Waals surface area contributed by atoms with Gasteiger partial charge in [0.15, 0.2) is 5.78 Å². The summed E-state index contributed by atoms with van der Waals surface area (Å²) in [4.78, 5) is 15.3. The lowest BCUT2D eigenvalue weighted by Gasteiger charge is -2.35. The van der Waals surface area contributed by atoms with Crippen LogP contribution in [0.1, 0.15) is 47.2 Å². The molecule has 2 atom stereocenters. The zero-order valence-corrected chi connectivity index (χ0v) is 12.1. The van der Waals surface area contributed by atoms with Gasteiger partial charge >= 0.3 is 0 Å². The van der Waals surface area contributed by atoms with Crippen LogP contribution in [-0.4, -0.2) is 29.8 Å². The van der Waals surface area contributed by atoms with Crippen LogP contribution < -0.4 is 0 Å². The second-order valence-corrected chi connectivity index (χ2v) is 6.40. The van der Waals surface area contributed by atoms with Gasteiger partial charge in [0.2, 0.25) is 0 Å². The molecule has 2 heteroatoms. The standard InChI is InChI=1S/C17H23NO/c1-11-4-5-12(2)16(8-11)17(19)13-9-14-6-7-15(10-13)18(14)3/h4-5,8,13-15H,6-7,9-10H2,1-3H3. The Kier molecular flexibility index (Phi) is 3.22. The molecular weight excluding hydrogens is 234 g/mol. The highest BCUT2D eigenvalue weighted by Gasteiger charge is 2.41. The minimum atomic E-state index is 0.245. The van der Waals surface area contributed by atoms with Crippen LogP contribution >= 0.6 is 0 Å². The van der Waals surface area contributed by atoms with Crippen LogP contribution in [0, 0.1) is 19.8 Å². The molecular formula is C17H23NO. The van der Waals surface area contributed by atoms with Gasteiger partial charge in [0, 0.05) is 23.6 Å². The van der Waals surface area contributed by atoms with E-state index in [0.717, 1.165) is 24.0 Å². The van der Waals surface area contributed by atoms with Gasteiger partial charge in [-0.05, 0) is 58.2 Å². The highest BCUT2D eigenvalue weighted by Crippen LogP contribution is 2.38. The number of nitrogens with zero attached hydrogens (tertiary/aromatic N) is 1. The van der Waals surface area contributed by atoms with Crippen LogP contribution in [0.5, 0.6) is 0 Å². The first-order chi connectivity index (χ1) is 9.06. The number of benzene rings is 1. The maximum atomic E-state index is 12.8. The molecule has 2 heterocycles. The number of carbonyl (C=O) groups is 1. The van der Waals surface area contributed by atoms with Crippen molar-refractivity contribution in [2.24, 2.45) is 5.92 Å². The van der Waals surface area contributed by atoms with E-state index >= 15 is 0 Å². The Morgan fingerprint density at radius 1 is 1.16 bits per heavy atom. The number of rotatable bonds is 2. The summed E-state index contributed by atoms with van der Waals surface area (Å²) >= 11 is 0. The van der Waals surface area contributed by atoms with Gasteiger partial charge in [-0.1, -0.05) is 17.7 Å². The molecule has 0 spiro atoms. The molecule has 0 N–H and O–H groups in total. The number of Topliss-reactive ketones (excluding diaryl/α,β-unsaturated/α-hetero) is 1. The summed E-state index contributed by atoms with van der Waals surface area (Å²) in [6.45, 7) is 4.12. The molecule has 3 rings (SSSR count). The minimum Gasteiger partial charge on any atom is -0.300 e. The van der Waals surface area contributed by atoms with Gasteiger partial charge in [-0.3, -0.25) is 4.79 Å². The fourth-order valence-electron chi connectivity index (χ4n) is 3.85. The Hall–Kier alpha value is -1.15. The van der Waals surface area contributed by atoms with Gasteiger partial charge in [-0.25, -0.2) is 0 Å². The normalized spacial score (nSPS) is 30.6. The molecule has 1 aromatic carbocycles. The quantitative estimate of drug-likeness (QED) is 0.757. The summed E-state index contributed by atoms with van der Waals surface area (Å²) in [6, 6.07) is 7.50. The van der Waals surface area contributed by atoms with Gasteiger partial charge in [-0.2, -0.15) is 0 Å². The predicted molar refractivity (Wildman–Crippen MR) is 77.5 cm³/mol. The Morgan fingerprint density at radius 3 is 2.42 bits per heavy atom. The van der Waals surface area contributed by atoms with Gasteiger partial charge in [0.05, 0.1) is 0 Å². The summed E-state index contributed by atoms with van der Waals surface area (Å²) < 4.78 is 0. The molecule has 2 fully saturated rings. The second kappa shape index (κ2) is 4.75. The highest BCUT2D eigenvalue weighted by atomic mass is 16.1. The Balaban J connectivity index is 1.83. The molecule has 102 valence electrons. The molecule has 2 nitrogen and oxygen atoms in total. The van der Waals surface area contributed by atoms with E-state index in [2.05, 4.69) is 44.0 Å². The SMILES string of the molecule is Cc1ccc(C)c(C(=O)C2CC3CCC(C2)N3C)c1. The van der Waals surface area contributed by atoms with Crippen molar-refractivity contribution >= 4 is 5.78 Å². The molecule has 2 unspecified atom stereocenters. The van der Waals surface area contributed by atoms with E-state index in [-0.39, 0.29) is 5.92 Å². The van der Waals surface area contributed by atoms with Crippen LogP contribution in [0.15, 0.2) is 18.2 Å².